The Hall–Kier alpha value is -1.88. The molecule has 0 aliphatic carbocycles. The number of nitrogens with one attached hydrogen (secondary N) is 1. The molecule has 0 unspecified atom stereocenters. The standard InChI is InChI=1S/C16H20N2O2S/c1-16(2,3)15-18-10-13(21-15)9-17-12-7-5-6-11(8-12)14(19)20-4/h5-8,10,17H,9H2,1-4H3. The van der Waals surface area contributed by atoms with Gasteiger partial charge in [-0.25, -0.2) is 9.78 Å². The van der Waals surface area contributed by atoms with Crippen molar-refractivity contribution in [3.05, 3.63) is 45.9 Å². The largest absolute Gasteiger partial charge is 0.465 e. The Morgan fingerprint density at radius 2 is 2.14 bits per heavy atom. The van der Waals surface area contributed by atoms with Crippen LogP contribution in [-0.4, -0.2) is 18.1 Å². The lowest BCUT2D eigenvalue weighted by Crippen LogP contribution is -2.09. The molecule has 0 fully saturated rings. The van der Waals surface area contributed by atoms with Crippen molar-refractivity contribution < 1.29 is 9.53 Å². The maximum absolute atomic E-state index is 11.5. The van der Waals surface area contributed by atoms with Crippen LogP contribution in [0.5, 0.6) is 0 Å². The first-order valence-electron chi connectivity index (χ1n) is 6.77. The Balaban J connectivity index is 2.03. The van der Waals surface area contributed by atoms with Gasteiger partial charge in [-0.15, -0.1) is 11.3 Å². The van der Waals surface area contributed by atoms with Crippen LogP contribution in [0.1, 0.15) is 41.0 Å². The predicted octanol–water partition coefficient (Wildman–Crippen LogP) is 3.84. The van der Waals surface area contributed by atoms with Gasteiger partial charge in [0, 0.05) is 22.2 Å². The monoisotopic (exact) mass is 304 g/mol. The van der Waals surface area contributed by atoms with Crippen LogP contribution in [0.25, 0.3) is 0 Å². The fraction of sp³-hybridized carbons (Fsp3) is 0.375. The number of rotatable bonds is 4. The molecule has 21 heavy (non-hydrogen) atoms. The highest BCUT2D eigenvalue weighted by molar-refractivity contribution is 7.11. The van der Waals surface area contributed by atoms with Crippen LogP contribution in [0.2, 0.25) is 0 Å². The van der Waals surface area contributed by atoms with Crippen molar-refractivity contribution >= 4 is 23.0 Å². The van der Waals surface area contributed by atoms with Gasteiger partial charge in [0.15, 0.2) is 0 Å². The quantitative estimate of drug-likeness (QED) is 0.872. The zero-order chi connectivity index (χ0) is 15.5. The summed E-state index contributed by atoms with van der Waals surface area (Å²) in [5, 5.41) is 4.44. The fourth-order valence-electron chi connectivity index (χ4n) is 1.80. The number of methoxy groups -OCH3 is 1. The van der Waals surface area contributed by atoms with E-state index in [4.69, 9.17) is 4.74 Å². The van der Waals surface area contributed by atoms with Crippen molar-refractivity contribution in [2.45, 2.75) is 32.7 Å². The molecule has 2 aromatic rings. The van der Waals surface area contributed by atoms with E-state index in [1.165, 1.54) is 12.0 Å². The fourth-order valence-corrected chi connectivity index (χ4v) is 2.71. The molecule has 4 nitrogen and oxygen atoms in total. The van der Waals surface area contributed by atoms with E-state index < -0.39 is 0 Å². The van der Waals surface area contributed by atoms with Crippen molar-refractivity contribution in [1.29, 1.82) is 0 Å². The molecular formula is C16H20N2O2S. The molecule has 0 spiro atoms. The lowest BCUT2D eigenvalue weighted by molar-refractivity contribution is 0.0601. The summed E-state index contributed by atoms with van der Waals surface area (Å²) in [6.45, 7) is 7.16. The SMILES string of the molecule is COC(=O)c1cccc(NCc2cnc(C(C)(C)C)s2)c1. The Morgan fingerprint density at radius 1 is 1.38 bits per heavy atom. The molecule has 1 N–H and O–H groups in total. The predicted molar refractivity (Wildman–Crippen MR) is 85.9 cm³/mol. The van der Waals surface area contributed by atoms with Crippen molar-refractivity contribution in [2.24, 2.45) is 0 Å². The molecule has 0 aliphatic rings. The number of nitrogens with zero attached hydrogens (tertiary/aromatic N) is 1. The normalized spacial score (nSPS) is 11.2. The Kier molecular flexibility index (Phi) is 4.63. The molecule has 0 amide bonds. The molecule has 0 radical (unpaired) electrons. The second kappa shape index (κ2) is 6.26. The lowest BCUT2D eigenvalue weighted by Gasteiger charge is -2.13. The van der Waals surface area contributed by atoms with Gasteiger partial charge in [-0.3, -0.25) is 0 Å². The van der Waals surface area contributed by atoms with Crippen LogP contribution in [0, 0.1) is 0 Å². The first-order valence-corrected chi connectivity index (χ1v) is 7.59. The smallest absolute Gasteiger partial charge is 0.337 e. The van der Waals surface area contributed by atoms with Gasteiger partial charge in [0.1, 0.15) is 0 Å². The molecule has 0 bridgehead atoms. The topological polar surface area (TPSA) is 51.2 Å². The molecule has 2 rings (SSSR count). The van der Waals surface area contributed by atoms with Crippen LogP contribution in [0.3, 0.4) is 0 Å². The average Bonchev–Trinajstić information content (AvgIpc) is 2.93. The van der Waals surface area contributed by atoms with E-state index >= 15 is 0 Å². The van der Waals surface area contributed by atoms with E-state index in [1.807, 2.05) is 18.3 Å². The Morgan fingerprint density at radius 3 is 2.76 bits per heavy atom. The van der Waals surface area contributed by atoms with Gasteiger partial charge < -0.3 is 10.1 Å². The minimum atomic E-state index is -0.327. The first kappa shape index (κ1) is 15.5. The van der Waals surface area contributed by atoms with Gasteiger partial charge in [0.2, 0.25) is 0 Å². The zero-order valence-corrected chi connectivity index (χ0v) is 13.6. The van der Waals surface area contributed by atoms with Gasteiger partial charge >= 0.3 is 5.97 Å². The van der Waals surface area contributed by atoms with E-state index in [1.54, 1.807) is 23.5 Å². The van der Waals surface area contributed by atoms with E-state index in [9.17, 15) is 4.79 Å². The molecule has 1 aromatic heterocycles. The number of carbonyl (C=O) groups is 1. The number of hydrogen-bond acceptors (Lipinski definition) is 5. The number of ether oxygens (including phenoxy) is 1. The van der Waals surface area contributed by atoms with Crippen LogP contribution in [0.15, 0.2) is 30.5 Å². The summed E-state index contributed by atoms with van der Waals surface area (Å²) < 4.78 is 4.72. The van der Waals surface area contributed by atoms with Crippen molar-refractivity contribution in [2.75, 3.05) is 12.4 Å². The first-order chi connectivity index (χ1) is 9.90. The summed E-state index contributed by atoms with van der Waals surface area (Å²) in [6.07, 6.45) is 1.91. The number of thiazole rings is 1. The molecule has 0 saturated carbocycles. The summed E-state index contributed by atoms with van der Waals surface area (Å²) in [4.78, 5) is 17.1. The third-order valence-electron chi connectivity index (χ3n) is 2.95. The number of hydrogen-bond donors (Lipinski definition) is 1. The molecule has 1 aromatic carbocycles. The van der Waals surface area contributed by atoms with E-state index in [0.29, 0.717) is 12.1 Å². The molecule has 0 aliphatic heterocycles. The number of carbonyl (C=O) groups excluding carboxylic acids is 1. The summed E-state index contributed by atoms with van der Waals surface area (Å²) >= 11 is 1.71. The molecule has 0 saturated heterocycles. The van der Waals surface area contributed by atoms with Gasteiger partial charge in [0.25, 0.3) is 0 Å². The average molecular weight is 304 g/mol. The number of benzene rings is 1. The zero-order valence-electron chi connectivity index (χ0n) is 12.8. The second-order valence-electron chi connectivity index (χ2n) is 5.81. The number of aromatic nitrogens is 1. The van der Waals surface area contributed by atoms with Crippen molar-refractivity contribution in [1.82, 2.24) is 4.98 Å². The van der Waals surface area contributed by atoms with E-state index in [0.717, 1.165) is 10.7 Å². The third-order valence-corrected chi connectivity index (χ3v) is 4.37. The number of anilines is 1. The molecular weight excluding hydrogens is 284 g/mol. The van der Waals surface area contributed by atoms with Gasteiger partial charge in [-0.2, -0.15) is 0 Å². The van der Waals surface area contributed by atoms with Crippen LogP contribution >= 0.6 is 11.3 Å². The van der Waals surface area contributed by atoms with Crippen LogP contribution < -0.4 is 5.32 Å². The summed E-state index contributed by atoms with van der Waals surface area (Å²) in [5.74, 6) is -0.327. The molecule has 1 heterocycles. The highest BCUT2D eigenvalue weighted by atomic mass is 32.1. The highest BCUT2D eigenvalue weighted by Crippen LogP contribution is 2.27. The van der Waals surface area contributed by atoms with Gasteiger partial charge in [-0.05, 0) is 18.2 Å². The lowest BCUT2D eigenvalue weighted by atomic mass is 9.98. The van der Waals surface area contributed by atoms with Crippen molar-refractivity contribution in [3.63, 3.8) is 0 Å². The van der Waals surface area contributed by atoms with Crippen LogP contribution in [0.4, 0.5) is 5.69 Å². The van der Waals surface area contributed by atoms with Crippen LogP contribution in [-0.2, 0) is 16.7 Å². The molecule has 5 heteroatoms. The second-order valence-corrected chi connectivity index (χ2v) is 6.92. The third kappa shape index (κ3) is 4.04. The van der Waals surface area contributed by atoms with E-state index in [2.05, 4.69) is 31.1 Å². The summed E-state index contributed by atoms with van der Waals surface area (Å²) in [5.41, 5.74) is 1.51. The summed E-state index contributed by atoms with van der Waals surface area (Å²) in [6, 6.07) is 7.29. The maximum atomic E-state index is 11.5. The van der Waals surface area contributed by atoms with Crippen molar-refractivity contribution in [3.8, 4) is 0 Å². The minimum absolute atomic E-state index is 0.0771. The molecule has 0 atom stereocenters. The Bertz CT molecular complexity index is 629. The number of esters is 1. The van der Waals surface area contributed by atoms with Gasteiger partial charge in [-0.1, -0.05) is 26.8 Å². The maximum Gasteiger partial charge on any atom is 0.337 e. The highest BCUT2D eigenvalue weighted by Gasteiger charge is 2.17. The van der Waals surface area contributed by atoms with Gasteiger partial charge in [0.05, 0.1) is 24.2 Å². The van der Waals surface area contributed by atoms with E-state index in [-0.39, 0.29) is 11.4 Å². The molecule has 112 valence electrons. The minimum Gasteiger partial charge on any atom is -0.465 e. The Labute approximate surface area is 129 Å². The summed E-state index contributed by atoms with van der Waals surface area (Å²) in [7, 11) is 1.38.